The van der Waals surface area contributed by atoms with Gasteiger partial charge in [0.05, 0.1) is 22.4 Å². The Labute approximate surface area is 89.0 Å². The lowest BCUT2D eigenvalue weighted by Gasteiger charge is -2.02. The molecule has 2 aromatic rings. The van der Waals surface area contributed by atoms with E-state index in [1.807, 2.05) is 0 Å². The van der Waals surface area contributed by atoms with Crippen molar-refractivity contribution in [1.29, 1.82) is 0 Å². The molecule has 0 aliphatic rings. The van der Waals surface area contributed by atoms with Crippen LogP contribution in [0.25, 0.3) is 0 Å². The standard InChI is InChI=1S/C8H8N2O2S2/c1-12-7-2-5(14-10-7)8(11)6-3-9-4-13-6/h2-4,8,11H,1H3. The highest BCUT2D eigenvalue weighted by Gasteiger charge is 2.15. The first kappa shape index (κ1) is 9.57. The third-order valence-electron chi connectivity index (χ3n) is 1.71. The highest BCUT2D eigenvalue weighted by atomic mass is 32.1. The second-order valence-corrected chi connectivity index (χ2v) is 4.33. The van der Waals surface area contributed by atoms with Gasteiger partial charge < -0.3 is 9.84 Å². The molecule has 14 heavy (non-hydrogen) atoms. The van der Waals surface area contributed by atoms with E-state index >= 15 is 0 Å². The second-order valence-electron chi connectivity index (χ2n) is 2.58. The fourth-order valence-corrected chi connectivity index (χ4v) is 2.40. The first-order chi connectivity index (χ1) is 6.81. The summed E-state index contributed by atoms with van der Waals surface area (Å²) in [5, 5.41) is 9.87. The van der Waals surface area contributed by atoms with E-state index in [0.717, 1.165) is 9.75 Å². The van der Waals surface area contributed by atoms with E-state index < -0.39 is 6.10 Å². The number of aliphatic hydroxyl groups excluding tert-OH is 1. The third kappa shape index (κ3) is 1.77. The molecule has 1 N–H and O–H groups in total. The number of nitrogens with zero attached hydrogens (tertiary/aromatic N) is 2. The molecule has 0 saturated carbocycles. The number of rotatable bonds is 3. The Morgan fingerprint density at radius 2 is 2.36 bits per heavy atom. The molecule has 74 valence electrons. The number of hydrogen-bond acceptors (Lipinski definition) is 6. The largest absolute Gasteiger partial charge is 0.480 e. The van der Waals surface area contributed by atoms with Crippen LogP contribution in [0.1, 0.15) is 15.9 Å². The van der Waals surface area contributed by atoms with Crippen molar-refractivity contribution < 1.29 is 9.84 Å². The quantitative estimate of drug-likeness (QED) is 0.868. The Morgan fingerprint density at radius 1 is 1.50 bits per heavy atom. The zero-order chi connectivity index (χ0) is 9.97. The number of aliphatic hydroxyl groups is 1. The van der Waals surface area contributed by atoms with Crippen LogP contribution in [0.3, 0.4) is 0 Å². The number of methoxy groups -OCH3 is 1. The SMILES string of the molecule is COc1cc(C(O)c2cncs2)sn1. The summed E-state index contributed by atoms with van der Waals surface area (Å²) in [4.78, 5) is 5.49. The van der Waals surface area contributed by atoms with Crippen molar-refractivity contribution in [3.8, 4) is 5.88 Å². The van der Waals surface area contributed by atoms with Crippen LogP contribution in [0.15, 0.2) is 17.8 Å². The zero-order valence-corrected chi connectivity index (χ0v) is 9.01. The summed E-state index contributed by atoms with van der Waals surface area (Å²) in [7, 11) is 1.55. The third-order valence-corrected chi connectivity index (χ3v) is 3.36. The molecule has 4 nitrogen and oxygen atoms in total. The van der Waals surface area contributed by atoms with Crippen molar-refractivity contribution in [3.63, 3.8) is 0 Å². The molecule has 0 spiro atoms. The molecule has 0 radical (unpaired) electrons. The summed E-state index contributed by atoms with van der Waals surface area (Å²) in [5.41, 5.74) is 1.69. The molecule has 0 aliphatic carbocycles. The van der Waals surface area contributed by atoms with Crippen molar-refractivity contribution in [2.75, 3.05) is 7.11 Å². The molecule has 0 amide bonds. The van der Waals surface area contributed by atoms with Crippen LogP contribution in [0, 0.1) is 0 Å². The van der Waals surface area contributed by atoms with E-state index in [1.165, 1.54) is 22.9 Å². The maximum absolute atomic E-state index is 9.87. The molecular formula is C8H8N2O2S2. The molecule has 0 bridgehead atoms. The fraction of sp³-hybridized carbons (Fsp3) is 0.250. The fourth-order valence-electron chi connectivity index (χ4n) is 0.998. The van der Waals surface area contributed by atoms with Crippen molar-refractivity contribution in [2.24, 2.45) is 0 Å². The van der Waals surface area contributed by atoms with E-state index in [1.54, 1.807) is 24.9 Å². The Bertz CT molecular complexity index is 399. The van der Waals surface area contributed by atoms with E-state index in [4.69, 9.17) is 4.74 Å². The molecule has 2 aromatic heterocycles. The minimum Gasteiger partial charge on any atom is -0.480 e. The molecule has 0 fully saturated rings. The van der Waals surface area contributed by atoms with Gasteiger partial charge in [-0.15, -0.1) is 11.3 Å². The van der Waals surface area contributed by atoms with Crippen LogP contribution >= 0.6 is 22.9 Å². The van der Waals surface area contributed by atoms with Crippen molar-refractivity contribution in [3.05, 3.63) is 27.5 Å². The highest BCUT2D eigenvalue weighted by Crippen LogP contribution is 2.29. The van der Waals surface area contributed by atoms with Gasteiger partial charge in [-0.2, -0.15) is 4.37 Å². The summed E-state index contributed by atoms with van der Waals surface area (Å²) in [6.07, 6.45) is 1.02. The first-order valence-electron chi connectivity index (χ1n) is 3.88. The van der Waals surface area contributed by atoms with Crippen LogP contribution in [0.2, 0.25) is 0 Å². The van der Waals surface area contributed by atoms with Gasteiger partial charge in [0.15, 0.2) is 0 Å². The Balaban J connectivity index is 2.23. The van der Waals surface area contributed by atoms with Crippen LogP contribution in [-0.4, -0.2) is 21.6 Å². The molecular weight excluding hydrogens is 220 g/mol. The minimum atomic E-state index is -0.635. The van der Waals surface area contributed by atoms with Gasteiger partial charge in [-0.3, -0.25) is 4.98 Å². The van der Waals surface area contributed by atoms with Gasteiger partial charge in [0.2, 0.25) is 5.88 Å². The summed E-state index contributed by atoms with van der Waals surface area (Å²) in [6, 6.07) is 1.73. The zero-order valence-electron chi connectivity index (χ0n) is 7.38. The number of aromatic nitrogens is 2. The molecule has 6 heteroatoms. The predicted molar refractivity (Wildman–Crippen MR) is 54.8 cm³/mol. The molecule has 1 unspecified atom stereocenters. The summed E-state index contributed by atoms with van der Waals surface area (Å²) in [5.74, 6) is 0.536. The Morgan fingerprint density at radius 3 is 2.93 bits per heavy atom. The molecule has 0 saturated heterocycles. The Hall–Kier alpha value is -0.980. The van der Waals surface area contributed by atoms with E-state index in [0.29, 0.717) is 5.88 Å². The summed E-state index contributed by atoms with van der Waals surface area (Å²) < 4.78 is 8.95. The van der Waals surface area contributed by atoms with Gasteiger partial charge in [-0.1, -0.05) is 0 Å². The second kappa shape index (κ2) is 4.04. The van der Waals surface area contributed by atoms with E-state index in [2.05, 4.69) is 9.36 Å². The number of hydrogen-bond donors (Lipinski definition) is 1. The number of thiazole rings is 1. The van der Waals surface area contributed by atoms with Crippen molar-refractivity contribution in [1.82, 2.24) is 9.36 Å². The van der Waals surface area contributed by atoms with Gasteiger partial charge in [0, 0.05) is 12.3 Å². The summed E-state index contributed by atoms with van der Waals surface area (Å²) in [6.45, 7) is 0. The maximum atomic E-state index is 9.87. The lowest BCUT2D eigenvalue weighted by molar-refractivity contribution is 0.227. The monoisotopic (exact) mass is 228 g/mol. The maximum Gasteiger partial charge on any atom is 0.225 e. The van der Waals surface area contributed by atoms with Crippen LogP contribution in [0.4, 0.5) is 0 Å². The molecule has 2 heterocycles. The van der Waals surface area contributed by atoms with Gasteiger partial charge >= 0.3 is 0 Å². The molecule has 0 aromatic carbocycles. The predicted octanol–water partition coefficient (Wildman–Crippen LogP) is 1.69. The van der Waals surface area contributed by atoms with Crippen LogP contribution in [-0.2, 0) is 0 Å². The van der Waals surface area contributed by atoms with Gasteiger partial charge in [-0.25, -0.2) is 0 Å². The lowest BCUT2D eigenvalue weighted by Crippen LogP contribution is -1.93. The molecule has 2 rings (SSSR count). The van der Waals surface area contributed by atoms with Gasteiger partial charge in [0.25, 0.3) is 0 Å². The average Bonchev–Trinajstić information content (AvgIpc) is 2.88. The highest BCUT2D eigenvalue weighted by molar-refractivity contribution is 7.10. The topological polar surface area (TPSA) is 55.2 Å². The van der Waals surface area contributed by atoms with Crippen LogP contribution in [0.5, 0.6) is 5.88 Å². The smallest absolute Gasteiger partial charge is 0.225 e. The Kier molecular flexibility index (Phi) is 2.76. The van der Waals surface area contributed by atoms with E-state index in [9.17, 15) is 5.11 Å². The van der Waals surface area contributed by atoms with Gasteiger partial charge in [0.1, 0.15) is 6.10 Å². The van der Waals surface area contributed by atoms with Crippen molar-refractivity contribution in [2.45, 2.75) is 6.10 Å². The number of ether oxygens (including phenoxy) is 1. The van der Waals surface area contributed by atoms with E-state index in [-0.39, 0.29) is 0 Å². The molecule has 0 aliphatic heterocycles. The average molecular weight is 228 g/mol. The lowest BCUT2D eigenvalue weighted by atomic mass is 10.3. The first-order valence-corrected chi connectivity index (χ1v) is 5.53. The van der Waals surface area contributed by atoms with Crippen molar-refractivity contribution >= 4 is 22.9 Å². The minimum absolute atomic E-state index is 0.536. The molecule has 1 atom stereocenters. The van der Waals surface area contributed by atoms with Crippen LogP contribution < -0.4 is 4.74 Å². The normalized spacial score (nSPS) is 12.7. The van der Waals surface area contributed by atoms with Gasteiger partial charge in [-0.05, 0) is 11.5 Å². The summed E-state index contributed by atoms with van der Waals surface area (Å²) >= 11 is 2.65.